The van der Waals surface area contributed by atoms with Crippen LogP contribution in [0.2, 0.25) is 0 Å². The summed E-state index contributed by atoms with van der Waals surface area (Å²) < 4.78 is 0. The first-order chi connectivity index (χ1) is 17.6. The highest BCUT2D eigenvalue weighted by atomic mass is 32.1. The smallest absolute Gasteiger partial charge is 0.326 e. The van der Waals surface area contributed by atoms with Crippen molar-refractivity contribution in [3.05, 3.63) is 65.7 Å². The average Bonchev–Trinajstić information content (AvgIpc) is 3.04. The van der Waals surface area contributed by atoms with Gasteiger partial charge in [-0.2, -0.15) is 12.6 Å². The van der Waals surface area contributed by atoms with Crippen LogP contribution in [0.5, 0.6) is 0 Å². The summed E-state index contributed by atoms with van der Waals surface area (Å²) in [6.45, 7) is 3.92. The molecule has 0 aliphatic carbocycles. The van der Waals surface area contributed by atoms with Crippen molar-refractivity contribution in [2.24, 2.45) is 16.6 Å². The number of carboxylic acid groups (broad SMARTS) is 1. The van der Waals surface area contributed by atoms with Gasteiger partial charge in [-0.05, 0) is 18.4 Å². The quantitative estimate of drug-likeness (QED) is 0.351. The van der Waals surface area contributed by atoms with E-state index >= 15 is 0 Å². The van der Waals surface area contributed by atoms with Gasteiger partial charge in [0.2, 0.25) is 11.8 Å². The molecular formula is C27H35N5O4S. The van der Waals surface area contributed by atoms with E-state index in [1.54, 1.807) is 7.05 Å². The number of rotatable bonds is 10. The van der Waals surface area contributed by atoms with Crippen molar-refractivity contribution in [3.8, 4) is 0 Å². The second-order valence-corrected chi connectivity index (χ2v) is 9.91. The third-order valence-corrected chi connectivity index (χ3v) is 6.59. The lowest BCUT2D eigenvalue weighted by Gasteiger charge is -2.32. The molecule has 3 atom stereocenters. The molecule has 3 rings (SSSR count). The zero-order valence-corrected chi connectivity index (χ0v) is 22.3. The minimum atomic E-state index is -1.07. The molecule has 0 radical (unpaired) electrons. The van der Waals surface area contributed by atoms with Gasteiger partial charge in [-0.15, -0.1) is 0 Å². The summed E-state index contributed by atoms with van der Waals surface area (Å²) in [5.74, 6) is -1.52. The highest BCUT2D eigenvalue weighted by Crippen LogP contribution is 2.28. The van der Waals surface area contributed by atoms with Gasteiger partial charge in [-0.25, -0.2) is 4.79 Å². The fourth-order valence-electron chi connectivity index (χ4n) is 4.28. The van der Waals surface area contributed by atoms with Crippen LogP contribution in [0.15, 0.2) is 59.6 Å². The number of benzodiazepines with no additional fused rings is 1. The molecule has 0 spiro atoms. The normalized spacial score (nSPS) is 16.8. The summed E-state index contributed by atoms with van der Waals surface area (Å²) in [6, 6.07) is 15.4. The highest BCUT2D eigenvalue weighted by molar-refractivity contribution is 7.80. The van der Waals surface area contributed by atoms with E-state index < -0.39 is 30.1 Å². The van der Waals surface area contributed by atoms with Gasteiger partial charge in [0, 0.05) is 29.6 Å². The van der Waals surface area contributed by atoms with Gasteiger partial charge in [0.1, 0.15) is 12.2 Å². The number of thiol groups is 1. The molecule has 198 valence electrons. The number of carbonyl (C=O) groups is 3. The summed E-state index contributed by atoms with van der Waals surface area (Å²) in [5.41, 5.74) is 9.11. The van der Waals surface area contributed by atoms with Crippen molar-refractivity contribution in [2.45, 2.75) is 38.5 Å². The molecule has 9 nitrogen and oxygen atoms in total. The summed E-state index contributed by atoms with van der Waals surface area (Å²) in [4.78, 5) is 46.1. The molecule has 1 aliphatic rings. The Labute approximate surface area is 223 Å². The fraction of sp³-hybridized carbons (Fsp3) is 0.407. The minimum absolute atomic E-state index is 0.0993. The first-order valence-corrected chi connectivity index (χ1v) is 12.9. The maximum Gasteiger partial charge on any atom is 0.326 e. The van der Waals surface area contributed by atoms with Gasteiger partial charge >= 0.3 is 5.97 Å². The van der Waals surface area contributed by atoms with Gasteiger partial charge < -0.3 is 26.0 Å². The topological polar surface area (TPSA) is 128 Å². The Morgan fingerprint density at radius 1 is 1.16 bits per heavy atom. The fourth-order valence-corrected chi connectivity index (χ4v) is 4.44. The van der Waals surface area contributed by atoms with Crippen LogP contribution in [0.25, 0.3) is 0 Å². The van der Waals surface area contributed by atoms with Crippen molar-refractivity contribution in [2.75, 3.05) is 30.8 Å². The highest BCUT2D eigenvalue weighted by Gasteiger charge is 2.32. The molecule has 10 heteroatoms. The standard InChI is InChI=1S/C27H35N5O4S/c1-17(2)13-21(27(35)36)29-24(33)15-32-14-23(31(3)26(34)20(28)16-37)30-25(18-9-5-4-6-10-18)19-11-7-8-12-22(19)32/h4-12,17,20-21,23,37H,13-16,28H2,1-3H3,(H,29,33)(H,35,36)/t20-,21+,23+/m1/s1. The molecule has 0 fully saturated rings. The van der Waals surface area contributed by atoms with Crippen LogP contribution in [0.1, 0.15) is 31.4 Å². The molecule has 1 heterocycles. The predicted octanol–water partition coefficient (Wildman–Crippen LogP) is 2.00. The Bertz CT molecular complexity index is 1140. The van der Waals surface area contributed by atoms with Gasteiger partial charge in [0.25, 0.3) is 0 Å². The second-order valence-electron chi connectivity index (χ2n) is 9.55. The average molecular weight is 526 g/mol. The number of aliphatic imine (C=N–C) groups is 1. The summed E-state index contributed by atoms with van der Waals surface area (Å²) >= 11 is 4.17. The number of fused-ring (bicyclic) bond motifs is 1. The molecule has 0 saturated carbocycles. The van der Waals surface area contributed by atoms with Gasteiger partial charge in [0.15, 0.2) is 0 Å². The Morgan fingerprint density at radius 2 is 1.81 bits per heavy atom. The molecule has 4 N–H and O–H groups in total. The largest absolute Gasteiger partial charge is 0.480 e. The zero-order chi connectivity index (χ0) is 27.1. The Balaban J connectivity index is 2.01. The number of nitrogens with two attached hydrogens (primary N) is 1. The molecule has 2 aromatic carbocycles. The van der Waals surface area contributed by atoms with Crippen LogP contribution in [0.3, 0.4) is 0 Å². The number of likely N-dealkylation sites (N-methyl/N-ethyl adjacent to an activating group) is 1. The molecular weight excluding hydrogens is 490 g/mol. The molecule has 0 unspecified atom stereocenters. The van der Waals surface area contributed by atoms with Crippen LogP contribution < -0.4 is 16.0 Å². The van der Waals surface area contributed by atoms with Crippen LogP contribution in [0, 0.1) is 5.92 Å². The van der Waals surface area contributed by atoms with E-state index in [-0.39, 0.29) is 30.7 Å². The van der Waals surface area contributed by atoms with E-state index in [0.717, 1.165) is 16.8 Å². The van der Waals surface area contributed by atoms with Crippen LogP contribution >= 0.6 is 12.6 Å². The van der Waals surface area contributed by atoms with Gasteiger partial charge in [-0.3, -0.25) is 14.6 Å². The Hall–Kier alpha value is -3.37. The maximum absolute atomic E-state index is 13.1. The summed E-state index contributed by atoms with van der Waals surface area (Å²) in [6.07, 6.45) is -0.333. The maximum atomic E-state index is 13.1. The van der Waals surface area contributed by atoms with E-state index in [2.05, 4.69) is 17.9 Å². The molecule has 0 saturated heterocycles. The van der Waals surface area contributed by atoms with Crippen LogP contribution in [0.4, 0.5) is 5.69 Å². The molecule has 1 aliphatic heterocycles. The number of carboxylic acids is 1. The van der Waals surface area contributed by atoms with E-state index in [4.69, 9.17) is 10.7 Å². The number of hydrogen-bond acceptors (Lipinski definition) is 7. The molecule has 2 aromatic rings. The molecule has 2 amide bonds. The molecule has 0 aromatic heterocycles. The summed E-state index contributed by atoms with van der Waals surface area (Å²) in [7, 11) is 1.64. The van der Waals surface area contributed by atoms with Crippen molar-refractivity contribution in [1.29, 1.82) is 0 Å². The van der Waals surface area contributed by atoms with Crippen molar-refractivity contribution < 1.29 is 19.5 Å². The van der Waals surface area contributed by atoms with Crippen LogP contribution in [-0.4, -0.2) is 77.6 Å². The second kappa shape index (κ2) is 12.7. The van der Waals surface area contributed by atoms with Crippen molar-refractivity contribution in [1.82, 2.24) is 10.2 Å². The number of hydrogen-bond donors (Lipinski definition) is 4. The van der Waals surface area contributed by atoms with E-state index in [1.807, 2.05) is 73.3 Å². The third kappa shape index (κ3) is 7.11. The number of carbonyl (C=O) groups excluding carboxylic acids is 2. The third-order valence-electron chi connectivity index (χ3n) is 6.19. The molecule has 37 heavy (non-hydrogen) atoms. The van der Waals surface area contributed by atoms with E-state index in [9.17, 15) is 19.5 Å². The van der Waals surface area contributed by atoms with E-state index in [0.29, 0.717) is 12.1 Å². The van der Waals surface area contributed by atoms with Crippen LogP contribution in [-0.2, 0) is 14.4 Å². The lowest BCUT2D eigenvalue weighted by molar-refractivity contribution is -0.142. The summed E-state index contributed by atoms with van der Waals surface area (Å²) in [5, 5.41) is 12.2. The van der Waals surface area contributed by atoms with E-state index in [1.165, 1.54) is 4.90 Å². The molecule has 0 bridgehead atoms. The number of para-hydroxylation sites is 1. The zero-order valence-electron chi connectivity index (χ0n) is 21.4. The minimum Gasteiger partial charge on any atom is -0.480 e. The van der Waals surface area contributed by atoms with Crippen molar-refractivity contribution in [3.63, 3.8) is 0 Å². The monoisotopic (exact) mass is 525 g/mol. The van der Waals surface area contributed by atoms with Gasteiger partial charge in [-0.1, -0.05) is 62.4 Å². The van der Waals surface area contributed by atoms with Crippen molar-refractivity contribution >= 4 is 41.8 Å². The number of amides is 2. The number of nitrogens with zero attached hydrogens (tertiary/aromatic N) is 3. The number of benzene rings is 2. The predicted molar refractivity (Wildman–Crippen MR) is 148 cm³/mol. The Morgan fingerprint density at radius 3 is 2.43 bits per heavy atom. The SMILES string of the molecule is CC(C)C[C@H](NC(=O)CN1C[C@H](N(C)C(=O)[C@H](N)CS)N=C(c2ccccc2)c2ccccc21)C(=O)O. The first-order valence-electron chi connectivity index (χ1n) is 12.2. The number of anilines is 1. The van der Waals surface area contributed by atoms with Gasteiger partial charge in [0.05, 0.1) is 24.8 Å². The Kier molecular flexibility index (Phi) is 9.71. The number of aliphatic carboxylic acids is 1. The lowest BCUT2D eigenvalue weighted by Crippen LogP contribution is -2.52. The lowest BCUT2D eigenvalue weighted by atomic mass is 10.0. The first kappa shape index (κ1) is 28.2. The number of nitrogens with one attached hydrogen (secondary N) is 1.